The molecule has 0 aromatic heterocycles. The van der Waals surface area contributed by atoms with Gasteiger partial charge in [0.05, 0.1) is 0 Å². The number of aryl methyl sites for hydroxylation is 2. The zero-order chi connectivity index (χ0) is 17.5. The monoisotopic (exact) mass is 459 g/mol. The molecule has 0 atom stereocenters. The third-order valence-corrected chi connectivity index (χ3v) is 13.5. The quantitative estimate of drug-likeness (QED) is 0.419. The van der Waals surface area contributed by atoms with E-state index in [1.54, 1.807) is 13.8 Å². The normalized spacial score (nSPS) is 13.8. The van der Waals surface area contributed by atoms with Crippen molar-refractivity contribution in [2.75, 3.05) is 0 Å². The molecular formula is C15H15F3IO3S-. The van der Waals surface area contributed by atoms with Gasteiger partial charge in [0.2, 0.25) is 0 Å². The second-order valence-corrected chi connectivity index (χ2v) is 13.9. The maximum absolute atomic E-state index is 15.7. The Balaban J connectivity index is 2.79. The van der Waals surface area contributed by atoms with E-state index in [4.69, 9.17) is 4.55 Å². The van der Waals surface area contributed by atoms with Crippen LogP contribution < -0.4 is 19.0 Å². The van der Waals surface area contributed by atoms with Crippen LogP contribution in [0.15, 0.2) is 48.5 Å². The third-order valence-electron chi connectivity index (χ3n) is 3.22. The first-order valence-electron chi connectivity index (χ1n) is 6.45. The molecule has 0 saturated heterocycles. The van der Waals surface area contributed by atoms with Gasteiger partial charge >= 0.3 is 138 Å². The Bertz CT molecular complexity index is 757. The van der Waals surface area contributed by atoms with E-state index in [1.807, 2.05) is 0 Å². The average Bonchev–Trinajstić information content (AvgIpc) is 2.46. The second-order valence-electron chi connectivity index (χ2n) is 5.01. The number of hydrogen-bond acceptors (Lipinski definition) is 2. The van der Waals surface area contributed by atoms with E-state index in [-0.39, 0.29) is 7.14 Å². The van der Waals surface area contributed by atoms with E-state index in [0.29, 0.717) is 0 Å². The molecule has 0 aliphatic carbocycles. The zero-order valence-electron chi connectivity index (χ0n) is 12.3. The van der Waals surface area contributed by atoms with Crippen LogP contribution in [0.4, 0.5) is 11.6 Å². The zero-order valence-corrected chi connectivity index (χ0v) is 15.3. The van der Waals surface area contributed by atoms with E-state index in [2.05, 4.69) is 0 Å². The van der Waals surface area contributed by atoms with Gasteiger partial charge in [-0.15, -0.1) is 0 Å². The van der Waals surface area contributed by atoms with Gasteiger partial charge in [-0.2, -0.15) is 0 Å². The Morgan fingerprint density at radius 2 is 1.17 bits per heavy atom. The number of hydrogen-bond donors (Lipinski definition) is 1. The molecule has 0 heterocycles. The van der Waals surface area contributed by atoms with Crippen LogP contribution in [0.1, 0.15) is 11.1 Å². The summed E-state index contributed by atoms with van der Waals surface area (Å²) in [7, 11) is -5.90. The molecule has 0 aliphatic heterocycles. The van der Waals surface area contributed by atoms with Crippen molar-refractivity contribution in [3.05, 3.63) is 66.8 Å². The molecule has 2 aromatic rings. The van der Waals surface area contributed by atoms with Crippen LogP contribution in [-0.2, 0) is 10.1 Å². The molecule has 128 valence electrons. The molecule has 0 saturated carbocycles. The van der Waals surface area contributed by atoms with Crippen molar-refractivity contribution in [2.45, 2.75) is 17.1 Å². The molecule has 0 amide bonds. The molecule has 23 heavy (non-hydrogen) atoms. The molecule has 0 spiro atoms. The predicted octanol–water partition coefficient (Wildman–Crippen LogP) is 0.826. The minimum atomic E-state index is -6.13. The summed E-state index contributed by atoms with van der Waals surface area (Å²) in [6, 6.07) is 10.4. The molecular weight excluding hydrogens is 444 g/mol. The van der Waals surface area contributed by atoms with Gasteiger partial charge in [0.15, 0.2) is 0 Å². The summed E-state index contributed by atoms with van der Waals surface area (Å²) in [5, 5.41) is 0. The molecule has 2 rings (SSSR count). The fourth-order valence-electron chi connectivity index (χ4n) is 1.93. The van der Waals surface area contributed by atoms with Crippen molar-refractivity contribution in [3.63, 3.8) is 0 Å². The number of rotatable bonds is 4. The summed E-state index contributed by atoms with van der Waals surface area (Å²) in [4.78, 5) is 0. The van der Waals surface area contributed by atoms with Gasteiger partial charge in [-0.05, 0) is 0 Å². The average molecular weight is 459 g/mol. The van der Waals surface area contributed by atoms with Gasteiger partial charge < -0.3 is 0 Å². The Kier molecular flexibility index (Phi) is 4.80. The van der Waals surface area contributed by atoms with Gasteiger partial charge in [0.1, 0.15) is 0 Å². The van der Waals surface area contributed by atoms with Crippen LogP contribution in [-0.4, -0.2) is 16.2 Å². The van der Waals surface area contributed by atoms with Crippen molar-refractivity contribution >= 4 is 10.1 Å². The summed E-state index contributed by atoms with van der Waals surface area (Å²) in [6.07, 6.45) is 0. The van der Waals surface area contributed by atoms with Crippen LogP contribution >= 0.6 is 0 Å². The Morgan fingerprint density at radius 3 is 1.43 bits per heavy atom. The third kappa shape index (κ3) is 3.11. The standard InChI is InChI=1S/C15H15F3IO3S/c1-11-3-7-13(8-4-11)19(18,15(16,17)23(20,21)22)14-9-5-12(2)6-10-14/h3-10H,1-2H3,(H,20,21,22)/q-1. The van der Waals surface area contributed by atoms with Gasteiger partial charge in [0.25, 0.3) is 0 Å². The van der Waals surface area contributed by atoms with E-state index in [1.165, 1.54) is 24.3 Å². The summed E-state index contributed by atoms with van der Waals surface area (Å²) in [5.74, 6) is 0. The fourth-order valence-corrected chi connectivity index (χ4v) is 10.6. The first-order chi connectivity index (χ1) is 10.5. The first-order valence-corrected chi connectivity index (χ1v) is 11.9. The summed E-state index contributed by atoms with van der Waals surface area (Å²) in [6.45, 7) is 3.39. The van der Waals surface area contributed by atoms with Crippen LogP contribution in [0.25, 0.3) is 0 Å². The van der Waals surface area contributed by atoms with E-state index < -0.39 is 32.4 Å². The minimum absolute atomic E-state index is 0.381. The van der Waals surface area contributed by atoms with Crippen LogP contribution in [0.5, 0.6) is 0 Å². The molecule has 0 bridgehead atoms. The van der Waals surface area contributed by atoms with E-state index >= 15 is 2.86 Å². The van der Waals surface area contributed by atoms with Crippen molar-refractivity contribution in [1.29, 1.82) is 0 Å². The molecule has 1 N–H and O–H groups in total. The van der Waals surface area contributed by atoms with Crippen LogP contribution in [0, 0.1) is 21.0 Å². The second kappa shape index (κ2) is 6.06. The van der Waals surface area contributed by atoms with Crippen molar-refractivity contribution in [3.8, 4) is 0 Å². The van der Waals surface area contributed by atoms with E-state index in [9.17, 15) is 17.2 Å². The summed E-state index contributed by atoms with van der Waals surface area (Å²) in [5.41, 5.74) is 1.44. The number of benzene rings is 2. The first kappa shape index (κ1) is 18.2. The Hall–Kier alpha value is -1.13. The van der Waals surface area contributed by atoms with Crippen LogP contribution in [0.3, 0.4) is 0 Å². The van der Waals surface area contributed by atoms with Gasteiger partial charge in [-0.3, -0.25) is 0 Å². The van der Waals surface area contributed by atoms with Gasteiger partial charge in [0, 0.05) is 0 Å². The molecule has 8 heteroatoms. The Labute approximate surface area is 137 Å². The molecule has 0 radical (unpaired) electrons. The summed E-state index contributed by atoms with van der Waals surface area (Å²) >= 11 is -6.13. The molecule has 0 unspecified atom stereocenters. The maximum atomic E-state index is 15.7. The van der Waals surface area contributed by atoms with E-state index in [0.717, 1.165) is 35.4 Å². The molecule has 2 aromatic carbocycles. The predicted molar refractivity (Wildman–Crippen MR) is 77.4 cm³/mol. The Morgan fingerprint density at radius 1 is 0.870 bits per heavy atom. The number of halogens is 4. The number of alkyl halides is 3. The fraction of sp³-hybridized carbons (Fsp3) is 0.200. The van der Waals surface area contributed by atoms with Crippen molar-refractivity contribution in [2.24, 2.45) is 0 Å². The topological polar surface area (TPSA) is 54.4 Å². The van der Waals surface area contributed by atoms with Crippen molar-refractivity contribution < 1.29 is 43.6 Å². The molecule has 0 aliphatic rings. The van der Waals surface area contributed by atoms with Crippen LogP contribution in [0.2, 0.25) is 0 Å². The molecule has 3 nitrogen and oxygen atoms in total. The SMILES string of the molecule is Cc1ccc([I-](F)(c2ccc(C)cc2)C(F)(F)S(=O)(=O)O)cc1. The van der Waals surface area contributed by atoms with Gasteiger partial charge in [-0.1, -0.05) is 0 Å². The summed E-state index contributed by atoms with van der Waals surface area (Å²) < 4.78 is 70.2. The van der Waals surface area contributed by atoms with Gasteiger partial charge in [-0.25, -0.2) is 0 Å². The van der Waals surface area contributed by atoms with Crippen molar-refractivity contribution in [1.82, 2.24) is 0 Å². The molecule has 0 fully saturated rings.